The van der Waals surface area contributed by atoms with Crippen molar-refractivity contribution < 1.29 is 4.39 Å². The molecular weight excluding hydrogens is 393 g/mol. The number of fused-ring (bicyclic) bond motifs is 2. The molecule has 0 unspecified atom stereocenters. The van der Waals surface area contributed by atoms with Gasteiger partial charge in [0.15, 0.2) is 11.5 Å². The zero-order valence-electron chi connectivity index (χ0n) is 16.7. The van der Waals surface area contributed by atoms with Gasteiger partial charge in [-0.15, -0.1) is 0 Å². The van der Waals surface area contributed by atoms with E-state index in [4.69, 9.17) is 9.97 Å². The second kappa shape index (κ2) is 7.24. The topological polar surface area (TPSA) is 95.2 Å². The Balaban J connectivity index is 1.48. The van der Waals surface area contributed by atoms with Crippen LogP contribution in [0, 0.1) is 5.82 Å². The maximum absolute atomic E-state index is 14.4. The number of nitrogens with zero attached hydrogens (tertiary/aromatic N) is 4. The fourth-order valence-electron chi connectivity index (χ4n) is 4.35. The van der Waals surface area contributed by atoms with Gasteiger partial charge in [-0.2, -0.15) is 5.10 Å². The monoisotopic (exact) mass is 413 g/mol. The fourth-order valence-corrected chi connectivity index (χ4v) is 4.35. The van der Waals surface area contributed by atoms with Crippen molar-refractivity contribution in [3.63, 3.8) is 0 Å². The number of imidazole rings is 1. The summed E-state index contributed by atoms with van der Waals surface area (Å²) in [7, 11) is 0. The van der Waals surface area contributed by atoms with Crippen molar-refractivity contribution in [3.8, 4) is 22.6 Å². The Morgan fingerprint density at radius 2 is 1.74 bits per heavy atom. The lowest BCUT2D eigenvalue weighted by atomic mass is 9.94. The molecule has 7 nitrogen and oxygen atoms in total. The van der Waals surface area contributed by atoms with Gasteiger partial charge in [0, 0.05) is 28.9 Å². The van der Waals surface area contributed by atoms with Crippen LogP contribution in [0.2, 0.25) is 0 Å². The van der Waals surface area contributed by atoms with E-state index < -0.39 is 0 Å². The smallest absolute Gasteiger partial charge is 0.161 e. The summed E-state index contributed by atoms with van der Waals surface area (Å²) in [5.74, 6) is 0.725. The van der Waals surface area contributed by atoms with Crippen LogP contribution >= 0.6 is 0 Å². The Hall–Kier alpha value is -3.65. The van der Waals surface area contributed by atoms with Crippen LogP contribution in [0.1, 0.15) is 24.5 Å². The van der Waals surface area contributed by atoms with Gasteiger partial charge < -0.3 is 10.3 Å². The van der Waals surface area contributed by atoms with Gasteiger partial charge in [-0.05, 0) is 44.1 Å². The molecule has 4 aromatic heterocycles. The standard InChI is InChI=1S/C23H20FN7/c24-16-4-2-1-3-14(16)15-11-26-12-19-20(15)29-23(28-19)22-21-18(30-31-22)6-5-17(27-21)13-7-9-25-10-8-13/h1-6,11-13,25H,7-10H2,(H,28,29)(H,30,31). The molecule has 0 amide bonds. The zero-order chi connectivity index (χ0) is 20.8. The highest BCUT2D eigenvalue weighted by Gasteiger charge is 2.20. The van der Waals surface area contributed by atoms with Crippen LogP contribution in [0.4, 0.5) is 4.39 Å². The lowest BCUT2D eigenvalue weighted by Crippen LogP contribution is -2.27. The minimum atomic E-state index is -0.306. The number of pyridine rings is 2. The fraction of sp³-hybridized carbons (Fsp3) is 0.217. The number of hydrogen-bond donors (Lipinski definition) is 3. The molecule has 1 aromatic carbocycles. The molecule has 0 aliphatic carbocycles. The van der Waals surface area contributed by atoms with Gasteiger partial charge in [0.05, 0.1) is 17.2 Å². The quantitative estimate of drug-likeness (QED) is 0.413. The van der Waals surface area contributed by atoms with E-state index >= 15 is 0 Å². The van der Waals surface area contributed by atoms with Gasteiger partial charge >= 0.3 is 0 Å². The van der Waals surface area contributed by atoms with Crippen molar-refractivity contribution in [1.29, 1.82) is 0 Å². The maximum Gasteiger partial charge on any atom is 0.161 e. The summed E-state index contributed by atoms with van der Waals surface area (Å²) in [5.41, 5.74) is 5.87. The van der Waals surface area contributed by atoms with E-state index in [1.807, 2.05) is 6.07 Å². The molecule has 1 aliphatic rings. The first-order valence-corrected chi connectivity index (χ1v) is 10.4. The van der Waals surface area contributed by atoms with Crippen LogP contribution < -0.4 is 5.32 Å². The molecular formula is C23H20FN7. The Labute approximate surface area is 177 Å². The lowest BCUT2D eigenvalue weighted by Gasteiger charge is -2.22. The molecule has 3 N–H and O–H groups in total. The molecule has 1 saturated heterocycles. The van der Waals surface area contributed by atoms with Crippen LogP contribution in [0.25, 0.3) is 44.7 Å². The molecule has 0 atom stereocenters. The van der Waals surface area contributed by atoms with Gasteiger partial charge in [-0.1, -0.05) is 18.2 Å². The van der Waals surface area contributed by atoms with Gasteiger partial charge in [-0.25, -0.2) is 14.4 Å². The van der Waals surface area contributed by atoms with Crippen molar-refractivity contribution in [3.05, 3.63) is 60.3 Å². The van der Waals surface area contributed by atoms with Gasteiger partial charge in [0.2, 0.25) is 0 Å². The van der Waals surface area contributed by atoms with Crippen molar-refractivity contribution in [1.82, 2.24) is 35.5 Å². The summed E-state index contributed by atoms with van der Waals surface area (Å²) < 4.78 is 14.4. The molecule has 1 aliphatic heterocycles. The number of halogens is 1. The summed E-state index contributed by atoms with van der Waals surface area (Å²) in [5, 5.41) is 10.9. The van der Waals surface area contributed by atoms with Crippen LogP contribution in [-0.4, -0.2) is 43.2 Å². The third kappa shape index (κ3) is 3.07. The number of benzene rings is 1. The van der Waals surface area contributed by atoms with Gasteiger partial charge in [0.1, 0.15) is 16.9 Å². The number of hydrogen-bond acceptors (Lipinski definition) is 5. The third-order valence-corrected chi connectivity index (χ3v) is 5.97. The van der Waals surface area contributed by atoms with Crippen LogP contribution in [0.15, 0.2) is 48.8 Å². The van der Waals surface area contributed by atoms with E-state index in [0.29, 0.717) is 34.1 Å². The Kier molecular flexibility index (Phi) is 4.24. The van der Waals surface area contributed by atoms with E-state index in [2.05, 4.69) is 31.5 Å². The van der Waals surface area contributed by atoms with E-state index in [1.165, 1.54) is 6.07 Å². The van der Waals surface area contributed by atoms with Crippen LogP contribution in [-0.2, 0) is 0 Å². The normalized spacial score (nSPS) is 15.1. The molecule has 5 aromatic rings. The molecule has 8 heteroatoms. The highest BCUT2D eigenvalue weighted by Crippen LogP contribution is 2.32. The summed E-state index contributed by atoms with van der Waals surface area (Å²) in [6, 6.07) is 10.8. The Morgan fingerprint density at radius 3 is 2.61 bits per heavy atom. The van der Waals surface area contributed by atoms with Gasteiger partial charge in [0.25, 0.3) is 0 Å². The minimum Gasteiger partial charge on any atom is -0.335 e. The number of rotatable bonds is 3. The molecule has 1 fully saturated rings. The first-order valence-electron chi connectivity index (χ1n) is 10.4. The third-order valence-electron chi connectivity index (χ3n) is 5.97. The molecule has 0 saturated carbocycles. The van der Waals surface area contributed by atoms with E-state index in [9.17, 15) is 4.39 Å². The number of aromatic amines is 2. The molecule has 154 valence electrons. The highest BCUT2D eigenvalue weighted by molar-refractivity contribution is 5.95. The Bertz CT molecular complexity index is 1400. The number of nitrogens with one attached hydrogen (secondary N) is 3. The first kappa shape index (κ1) is 18.1. The van der Waals surface area contributed by atoms with Crippen molar-refractivity contribution in [2.45, 2.75) is 18.8 Å². The van der Waals surface area contributed by atoms with Crippen LogP contribution in [0.3, 0.4) is 0 Å². The highest BCUT2D eigenvalue weighted by atomic mass is 19.1. The molecule has 0 spiro atoms. The number of piperidine rings is 1. The van der Waals surface area contributed by atoms with Crippen molar-refractivity contribution in [2.75, 3.05) is 13.1 Å². The maximum atomic E-state index is 14.4. The first-order chi connectivity index (χ1) is 15.3. The molecule has 6 rings (SSSR count). The zero-order valence-corrected chi connectivity index (χ0v) is 16.7. The molecule has 0 bridgehead atoms. The second-order valence-electron chi connectivity index (χ2n) is 7.88. The predicted molar refractivity (Wildman–Crippen MR) is 117 cm³/mol. The summed E-state index contributed by atoms with van der Waals surface area (Å²) in [4.78, 5) is 17.3. The lowest BCUT2D eigenvalue weighted by molar-refractivity contribution is 0.454. The van der Waals surface area contributed by atoms with E-state index in [0.717, 1.165) is 48.2 Å². The van der Waals surface area contributed by atoms with E-state index in [1.54, 1.807) is 30.6 Å². The van der Waals surface area contributed by atoms with E-state index in [-0.39, 0.29) is 5.82 Å². The summed E-state index contributed by atoms with van der Waals surface area (Å²) in [6.45, 7) is 2.02. The minimum absolute atomic E-state index is 0.306. The second-order valence-corrected chi connectivity index (χ2v) is 7.88. The van der Waals surface area contributed by atoms with Crippen molar-refractivity contribution in [2.24, 2.45) is 0 Å². The number of aromatic nitrogens is 6. The number of H-pyrrole nitrogens is 2. The molecule has 5 heterocycles. The molecule has 31 heavy (non-hydrogen) atoms. The predicted octanol–water partition coefficient (Wildman–Crippen LogP) is 4.17. The Morgan fingerprint density at radius 1 is 0.871 bits per heavy atom. The average molecular weight is 413 g/mol. The van der Waals surface area contributed by atoms with Gasteiger partial charge in [-0.3, -0.25) is 10.1 Å². The van der Waals surface area contributed by atoms with Crippen molar-refractivity contribution >= 4 is 22.1 Å². The SMILES string of the molecule is Fc1ccccc1-c1cncc2[nH]c(-c3n[nH]c4ccc(C5CCNCC5)nc34)nc12. The summed E-state index contributed by atoms with van der Waals surface area (Å²) in [6.07, 6.45) is 5.49. The largest absolute Gasteiger partial charge is 0.335 e. The molecule has 0 radical (unpaired) electrons. The summed E-state index contributed by atoms with van der Waals surface area (Å²) >= 11 is 0. The van der Waals surface area contributed by atoms with Crippen LogP contribution in [0.5, 0.6) is 0 Å². The average Bonchev–Trinajstić information content (AvgIpc) is 3.43.